The molecule has 5 nitrogen and oxygen atoms in total. The second-order valence-electron chi connectivity index (χ2n) is 8.99. The highest BCUT2D eigenvalue weighted by molar-refractivity contribution is 5.83. The van der Waals surface area contributed by atoms with Gasteiger partial charge in [0, 0.05) is 23.9 Å². The summed E-state index contributed by atoms with van der Waals surface area (Å²) in [4.78, 5) is 24.8. The number of rotatable bonds is 7. The maximum Gasteiger partial charge on any atom is 0.306 e. The summed E-state index contributed by atoms with van der Waals surface area (Å²) < 4.78 is 5.28. The molecule has 0 aromatic heterocycles. The zero-order chi connectivity index (χ0) is 19.6. The lowest BCUT2D eigenvalue weighted by molar-refractivity contribution is -0.147. The van der Waals surface area contributed by atoms with E-state index in [0.717, 1.165) is 37.0 Å². The third-order valence-corrected chi connectivity index (χ3v) is 6.89. The van der Waals surface area contributed by atoms with Crippen LogP contribution in [0.3, 0.4) is 0 Å². The smallest absolute Gasteiger partial charge is 0.306 e. The van der Waals surface area contributed by atoms with Crippen molar-refractivity contribution >= 4 is 11.9 Å². The molecule has 4 saturated carbocycles. The molecule has 0 spiro atoms. The number of hydrogen-bond donors (Lipinski definition) is 1. The SMILES string of the molecule is N#Cc1ccccc1COC(=O)CCCNC(=O)C12CC3CC(CC(C3)C1)C2. The molecular weight excluding hydrogens is 352 g/mol. The molecule has 1 aromatic carbocycles. The lowest BCUT2D eigenvalue weighted by Crippen LogP contribution is -2.53. The van der Waals surface area contributed by atoms with E-state index in [9.17, 15) is 9.59 Å². The normalized spacial score (nSPS) is 29.9. The number of carbonyl (C=O) groups is 2. The Morgan fingerprint density at radius 1 is 1.11 bits per heavy atom. The van der Waals surface area contributed by atoms with Gasteiger partial charge in [-0.2, -0.15) is 5.26 Å². The topological polar surface area (TPSA) is 79.2 Å². The van der Waals surface area contributed by atoms with Gasteiger partial charge in [-0.3, -0.25) is 9.59 Å². The number of ether oxygens (including phenoxy) is 1. The highest BCUT2D eigenvalue weighted by Gasteiger charge is 2.54. The Morgan fingerprint density at radius 2 is 1.75 bits per heavy atom. The fourth-order valence-electron chi connectivity index (χ4n) is 6.00. The molecule has 5 heteroatoms. The number of nitrogens with zero attached hydrogens (tertiary/aromatic N) is 1. The molecular formula is C23H28N2O3. The largest absolute Gasteiger partial charge is 0.461 e. The van der Waals surface area contributed by atoms with Crippen molar-refractivity contribution < 1.29 is 14.3 Å². The molecule has 1 N–H and O–H groups in total. The van der Waals surface area contributed by atoms with E-state index < -0.39 is 0 Å². The Morgan fingerprint density at radius 3 is 2.39 bits per heavy atom. The van der Waals surface area contributed by atoms with Crippen molar-refractivity contribution in [1.29, 1.82) is 5.26 Å². The number of esters is 1. The number of carbonyl (C=O) groups excluding carboxylic acids is 2. The van der Waals surface area contributed by atoms with Gasteiger partial charge >= 0.3 is 5.97 Å². The molecule has 1 aromatic rings. The Kier molecular flexibility index (Phi) is 5.39. The van der Waals surface area contributed by atoms with Crippen LogP contribution in [-0.2, 0) is 20.9 Å². The Hall–Kier alpha value is -2.35. The van der Waals surface area contributed by atoms with Crippen LogP contribution in [0, 0.1) is 34.5 Å². The second kappa shape index (κ2) is 7.95. The van der Waals surface area contributed by atoms with Crippen LogP contribution in [0.15, 0.2) is 24.3 Å². The highest BCUT2D eigenvalue weighted by atomic mass is 16.5. The summed E-state index contributed by atoms with van der Waals surface area (Å²) in [6.45, 7) is 0.632. The predicted molar refractivity (Wildman–Crippen MR) is 104 cm³/mol. The van der Waals surface area contributed by atoms with Gasteiger partial charge in [-0.15, -0.1) is 0 Å². The number of nitriles is 1. The van der Waals surface area contributed by atoms with E-state index in [0.29, 0.717) is 24.1 Å². The van der Waals surface area contributed by atoms with Crippen molar-refractivity contribution in [2.45, 2.75) is 58.0 Å². The lowest BCUT2D eigenvalue weighted by Gasteiger charge is -2.55. The van der Waals surface area contributed by atoms with Crippen molar-refractivity contribution in [1.82, 2.24) is 5.32 Å². The molecule has 1 amide bonds. The van der Waals surface area contributed by atoms with Crippen molar-refractivity contribution in [3.63, 3.8) is 0 Å². The molecule has 4 bridgehead atoms. The first-order chi connectivity index (χ1) is 13.6. The van der Waals surface area contributed by atoms with E-state index in [2.05, 4.69) is 11.4 Å². The molecule has 4 aliphatic carbocycles. The van der Waals surface area contributed by atoms with Crippen LogP contribution in [0.25, 0.3) is 0 Å². The number of amides is 1. The molecule has 0 heterocycles. The molecule has 28 heavy (non-hydrogen) atoms. The Balaban J connectivity index is 1.18. The molecule has 0 unspecified atom stereocenters. The quantitative estimate of drug-likeness (QED) is 0.578. The zero-order valence-electron chi connectivity index (χ0n) is 16.3. The summed E-state index contributed by atoms with van der Waals surface area (Å²) >= 11 is 0. The summed E-state index contributed by atoms with van der Waals surface area (Å²) in [5, 5.41) is 12.2. The third kappa shape index (κ3) is 3.92. The van der Waals surface area contributed by atoms with Gasteiger partial charge in [0.1, 0.15) is 6.61 Å². The average Bonchev–Trinajstić information content (AvgIpc) is 2.68. The molecule has 148 valence electrons. The van der Waals surface area contributed by atoms with Gasteiger partial charge in [-0.05, 0) is 68.8 Å². The summed E-state index contributed by atoms with van der Waals surface area (Å²) in [6, 6.07) is 9.21. The fourth-order valence-corrected chi connectivity index (χ4v) is 6.00. The Bertz CT molecular complexity index is 760. The second-order valence-corrected chi connectivity index (χ2v) is 8.99. The standard InChI is InChI=1S/C23H28N2O3/c24-14-19-4-1-2-5-20(19)15-28-21(26)6-3-7-25-22(27)23-11-16-8-17(12-23)10-18(9-16)13-23/h1-2,4-5,16-18H,3,6-13,15H2,(H,25,27). The minimum absolute atomic E-state index is 0.113. The molecule has 0 aliphatic heterocycles. The first-order valence-corrected chi connectivity index (χ1v) is 10.5. The van der Waals surface area contributed by atoms with Crippen molar-refractivity contribution in [3.05, 3.63) is 35.4 Å². The number of nitrogens with one attached hydrogen (secondary N) is 1. The molecule has 0 radical (unpaired) electrons. The van der Waals surface area contributed by atoms with Gasteiger partial charge in [0.25, 0.3) is 0 Å². The van der Waals surface area contributed by atoms with Crippen molar-refractivity contribution in [2.24, 2.45) is 23.2 Å². The van der Waals surface area contributed by atoms with Gasteiger partial charge in [-0.1, -0.05) is 18.2 Å². The molecule has 5 rings (SSSR count). The van der Waals surface area contributed by atoms with E-state index in [1.54, 1.807) is 18.2 Å². The average molecular weight is 380 g/mol. The predicted octanol–water partition coefficient (Wildman–Crippen LogP) is 3.71. The van der Waals surface area contributed by atoms with Crippen molar-refractivity contribution in [3.8, 4) is 6.07 Å². The summed E-state index contributed by atoms with van der Waals surface area (Å²) in [6.07, 6.45) is 8.02. The highest BCUT2D eigenvalue weighted by Crippen LogP contribution is 2.60. The molecule has 0 saturated heterocycles. The first kappa shape index (κ1) is 19.0. The monoisotopic (exact) mass is 380 g/mol. The number of hydrogen-bond acceptors (Lipinski definition) is 4. The minimum Gasteiger partial charge on any atom is -0.461 e. The van der Waals surface area contributed by atoms with Crippen LogP contribution in [-0.4, -0.2) is 18.4 Å². The first-order valence-electron chi connectivity index (χ1n) is 10.5. The van der Waals surface area contributed by atoms with E-state index in [1.807, 2.05) is 6.07 Å². The van der Waals surface area contributed by atoms with Crippen LogP contribution in [0.1, 0.15) is 62.5 Å². The third-order valence-electron chi connectivity index (χ3n) is 6.89. The van der Waals surface area contributed by atoms with Crippen LogP contribution in [0.5, 0.6) is 0 Å². The van der Waals surface area contributed by atoms with Gasteiger partial charge < -0.3 is 10.1 Å². The van der Waals surface area contributed by atoms with Crippen LogP contribution in [0.2, 0.25) is 0 Å². The number of benzene rings is 1. The van der Waals surface area contributed by atoms with Gasteiger partial charge in [-0.25, -0.2) is 0 Å². The minimum atomic E-state index is -0.295. The van der Waals surface area contributed by atoms with Gasteiger partial charge in [0.05, 0.1) is 11.6 Å². The van der Waals surface area contributed by atoms with Crippen LogP contribution in [0.4, 0.5) is 0 Å². The van der Waals surface area contributed by atoms with E-state index in [4.69, 9.17) is 10.00 Å². The van der Waals surface area contributed by atoms with E-state index in [-0.39, 0.29) is 30.3 Å². The Labute approximate surface area is 166 Å². The van der Waals surface area contributed by atoms with Crippen LogP contribution >= 0.6 is 0 Å². The van der Waals surface area contributed by atoms with E-state index >= 15 is 0 Å². The molecule has 0 atom stereocenters. The maximum absolute atomic E-state index is 12.9. The summed E-state index contributed by atoms with van der Waals surface area (Å²) in [5.41, 5.74) is 1.11. The van der Waals surface area contributed by atoms with Crippen molar-refractivity contribution in [2.75, 3.05) is 6.54 Å². The van der Waals surface area contributed by atoms with Crippen LogP contribution < -0.4 is 5.32 Å². The lowest BCUT2D eigenvalue weighted by atomic mass is 9.49. The van der Waals surface area contributed by atoms with Gasteiger partial charge in [0.2, 0.25) is 5.91 Å². The fraction of sp³-hybridized carbons (Fsp3) is 0.609. The zero-order valence-corrected chi connectivity index (χ0v) is 16.3. The summed E-state index contributed by atoms with van der Waals surface area (Å²) in [7, 11) is 0. The molecule has 4 aliphatic rings. The molecule has 4 fully saturated rings. The summed E-state index contributed by atoms with van der Waals surface area (Å²) in [5.74, 6) is 2.18. The van der Waals surface area contributed by atoms with Gasteiger partial charge in [0.15, 0.2) is 0 Å². The van der Waals surface area contributed by atoms with E-state index in [1.165, 1.54) is 19.3 Å². The maximum atomic E-state index is 12.9.